The molecule has 114 valence electrons. The first-order valence-corrected chi connectivity index (χ1v) is 7.23. The molecule has 0 aliphatic carbocycles. The second-order valence-electron chi connectivity index (χ2n) is 5.86. The Morgan fingerprint density at radius 2 is 1.90 bits per heavy atom. The molecule has 4 heteroatoms. The van der Waals surface area contributed by atoms with Crippen LogP contribution in [0.1, 0.15) is 38.8 Å². The van der Waals surface area contributed by atoms with E-state index in [1.807, 2.05) is 33.0 Å². The van der Waals surface area contributed by atoms with Gasteiger partial charge in [0.05, 0.1) is 5.60 Å². The third-order valence-electron chi connectivity index (χ3n) is 3.41. The highest BCUT2D eigenvalue weighted by molar-refractivity contribution is 5.19. The normalized spacial score (nSPS) is 13.8. The minimum atomic E-state index is -0.680. The number of nitrogens with one attached hydrogen (secondary N) is 1. The fraction of sp³-hybridized carbons (Fsp3) is 0.625. The zero-order valence-corrected chi connectivity index (χ0v) is 13.0. The van der Waals surface area contributed by atoms with Gasteiger partial charge in [-0.1, -0.05) is 19.1 Å². The summed E-state index contributed by atoms with van der Waals surface area (Å²) < 4.78 is 13.0. The molecule has 1 aromatic carbocycles. The highest BCUT2D eigenvalue weighted by atomic mass is 19.1. The second kappa shape index (κ2) is 7.72. The van der Waals surface area contributed by atoms with Crippen LogP contribution < -0.4 is 5.32 Å². The number of halogens is 1. The standard InChI is InChI=1S/C16H27FN2O/c1-5-19(12-16(2,3)20)11-10-15(18-4)13-6-8-14(17)9-7-13/h6-9,15,18,20H,5,10-12H2,1-4H3. The predicted molar refractivity (Wildman–Crippen MR) is 81.2 cm³/mol. The maximum absolute atomic E-state index is 13.0. The van der Waals surface area contributed by atoms with Gasteiger partial charge in [-0.2, -0.15) is 0 Å². The van der Waals surface area contributed by atoms with E-state index >= 15 is 0 Å². The molecule has 0 spiro atoms. The molecule has 1 aromatic rings. The summed E-state index contributed by atoms with van der Waals surface area (Å²) in [5.41, 5.74) is 0.411. The molecule has 1 rings (SSSR count). The van der Waals surface area contributed by atoms with Crippen molar-refractivity contribution in [2.45, 2.75) is 38.8 Å². The van der Waals surface area contributed by atoms with Gasteiger partial charge in [0.15, 0.2) is 0 Å². The molecule has 0 saturated carbocycles. The molecule has 0 saturated heterocycles. The minimum Gasteiger partial charge on any atom is -0.389 e. The molecule has 0 fully saturated rings. The zero-order valence-electron chi connectivity index (χ0n) is 13.0. The molecule has 0 aromatic heterocycles. The van der Waals surface area contributed by atoms with Crippen molar-refractivity contribution in [1.29, 1.82) is 0 Å². The number of aliphatic hydroxyl groups is 1. The highest BCUT2D eigenvalue weighted by Crippen LogP contribution is 2.18. The van der Waals surface area contributed by atoms with Gasteiger partial charge in [0.1, 0.15) is 5.82 Å². The molecule has 1 unspecified atom stereocenters. The zero-order chi connectivity index (χ0) is 15.2. The molecule has 2 N–H and O–H groups in total. The van der Waals surface area contributed by atoms with Gasteiger partial charge in [-0.3, -0.25) is 0 Å². The second-order valence-corrected chi connectivity index (χ2v) is 5.86. The summed E-state index contributed by atoms with van der Waals surface area (Å²) in [5.74, 6) is -0.208. The van der Waals surface area contributed by atoms with Crippen molar-refractivity contribution in [2.75, 3.05) is 26.7 Å². The van der Waals surface area contributed by atoms with Crippen LogP contribution in [-0.2, 0) is 0 Å². The first-order valence-electron chi connectivity index (χ1n) is 7.23. The minimum absolute atomic E-state index is 0.200. The lowest BCUT2D eigenvalue weighted by Gasteiger charge is -2.29. The van der Waals surface area contributed by atoms with Crippen LogP contribution in [0.5, 0.6) is 0 Å². The Hall–Kier alpha value is -0.970. The van der Waals surface area contributed by atoms with E-state index in [4.69, 9.17) is 0 Å². The summed E-state index contributed by atoms with van der Waals surface area (Å²) in [7, 11) is 1.92. The summed E-state index contributed by atoms with van der Waals surface area (Å²) in [5, 5.41) is 13.2. The van der Waals surface area contributed by atoms with Crippen LogP contribution >= 0.6 is 0 Å². The summed E-state index contributed by atoms with van der Waals surface area (Å²) in [6.45, 7) is 8.20. The van der Waals surface area contributed by atoms with E-state index in [9.17, 15) is 9.50 Å². The Labute approximate surface area is 121 Å². The van der Waals surface area contributed by atoms with Crippen molar-refractivity contribution in [3.05, 3.63) is 35.6 Å². The van der Waals surface area contributed by atoms with Gasteiger partial charge in [0.25, 0.3) is 0 Å². The molecular weight excluding hydrogens is 255 g/mol. The molecule has 20 heavy (non-hydrogen) atoms. The first-order chi connectivity index (χ1) is 9.35. The van der Waals surface area contributed by atoms with Gasteiger partial charge >= 0.3 is 0 Å². The van der Waals surface area contributed by atoms with Crippen molar-refractivity contribution >= 4 is 0 Å². The number of nitrogens with zero attached hydrogens (tertiary/aromatic N) is 1. The number of hydrogen-bond acceptors (Lipinski definition) is 3. The Bertz CT molecular complexity index is 386. The van der Waals surface area contributed by atoms with Gasteiger partial charge in [-0.25, -0.2) is 4.39 Å². The van der Waals surface area contributed by atoms with Crippen molar-refractivity contribution in [3.8, 4) is 0 Å². The van der Waals surface area contributed by atoms with Gasteiger partial charge in [0, 0.05) is 19.1 Å². The van der Waals surface area contributed by atoms with Gasteiger partial charge < -0.3 is 15.3 Å². The monoisotopic (exact) mass is 282 g/mol. The lowest BCUT2D eigenvalue weighted by molar-refractivity contribution is 0.0367. The average molecular weight is 282 g/mol. The summed E-state index contributed by atoms with van der Waals surface area (Å²) in [6.07, 6.45) is 0.923. The Morgan fingerprint density at radius 1 is 1.30 bits per heavy atom. The lowest BCUT2D eigenvalue weighted by Crippen LogP contribution is -2.39. The van der Waals surface area contributed by atoms with Gasteiger partial charge in [-0.15, -0.1) is 0 Å². The number of likely N-dealkylation sites (N-methyl/N-ethyl adjacent to an activating group) is 1. The number of rotatable bonds is 8. The van der Waals surface area contributed by atoms with Crippen molar-refractivity contribution in [1.82, 2.24) is 10.2 Å². The molecule has 3 nitrogen and oxygen atoms in total. The third kappa shape index (κ3) is 5.99. The molecule has 0 bridgehead atoms. The van der Waals surface area contributed by atoms with Crippen LogP contribution in [0, 0.1) is 5.82 Å². The fourth-order valence-corrected chi connectivity index (χ4v) is 2.38. The van der Waals surface area contributed by atoms with Crippen molar-refractivity contribution in [2.24, 2.45) is 0 Å². The molecule has 0 aliphatic heterocycles. The third-order valence-corrected chi connectivity index (χ3v) is 3.41. The molecule has 0 heterocycles. The topological polar surface area (TPSA) is 35.5 Å². The fourth-order valence-electron chi connectivity index (χ4n) is 2.38. The van der Waals surface area contributed by atoms with E-state index in [0.717, 1.165) is 25.1 Å². The summed E-state index contributed by atoms with van der Waals surface area (Å²) >= 11 is 0. The van der Waals surface area contributed by atoms with Crippen LogP contribution in [0.25, 0.3) is 0 Å². The number of hydrogen-bond donors (Lipinski definition) is 2. The highest BCUT2D eigenvalue weighted by Gasteiger charge is 2.18. The van der Waals surface area contributed by atoms with Gasteiger partial charge in [-0.05, 0) is 51.6 Å². The molecule has 0 radical (unpaired) electrons. The van der Waals surface area contributed by atoms with E-state index in [2.05, 4.69) is 17.1 Å². The molecule has 1 atom stereocenters. The van der Waals surface area contributed by atoms with Gasteiger partial charge in [0.2, 0.25) is 0 Å². The molecular formula is C16H27FN2O. The van der Waals surface area contributed by atoms with Crippen LogP contribution in [0.15, 0.2) is 24.3 Å². The lowest BCUT2D eigenvalue weighted by atomic mass is 10.0. The quantitative estimate of drug-likeness (QED) is 0.769. The largest absolute Gasteiger partial charge is 0.389 e. The van der Waals surface area contributed by atoms with Crippen LogP contribution in [-0.4, -0.2) is 42.3 Å². The molecule has 0 aliphatic rings. The summed E-state index contributed by atoms with van der Waals surface area (Å²) in [6, 6.07) is 6.83. The predicted octanol–water partition coefficient (Wildman–Crippen LogP) is 2.57. The average Bonchev–Trinajstić information content (AvgIpc) is 2.38. The number of benzene rings is 1. The smallest absolute Gasteiger partial charge is 0.123 e. The van der Waals surface area contributed by atoms with E-state index in [1.165, 1.54) is 12.1 Å². The SMILES string of the molecule is CCN(CCC(NC)c1ccc(F)cc1)CC(C)(C)O. The first kappa shape index (κ1) is 17.1. The molecule has 0 amide bonds. The van der Waals surface area contributed by atoms with Crippen LogP contribution in [0.4, 0.5) is 4.39 Å². The van der Waals surface area contributed by atoms with E-state index in [0.29, 0.717) is 6.54 Å². The van der Waals surface area contributed by atoms with E-state index in [1.54, 1.807) is 0 Å². The Balaban J connectivity index is 2.58. The Morgan fingerprint density at radius 3 is 2.35 bits per heavy atom. The maximum atomic E-state index is 13.0. The van der Waals surface area contributed by atoms with E-state index in [-0.39, 0.29) is 11.9 Å². The van der Waals surface area contributed by atoms with E-state index < -0.39 is 5.60 Å². The van der Waals surface area contributed by atoms with Crippen LogP contribution in [0.3, 0.4) is 0 Å². The van der Waals surface area contributed by atoms with Crippen molar-refractivity contribution in [3.63, 3.8) is 0 Å². The maximum Gasteiger partial charge on any atom is 0.123 e. The van der Waals surface area contributed by atoms with Crippen molar-refractivity contribution < 1.29 is 9.50 Å². The van der Waals surface area contributed by atoms with Crippen LogP contribution in [0.2, 0.25) is 0 Å². The Kier molecular flexibility index (Phi) is 6.59. The summed E-state index contributed by atoms with van der Waals surface area (Å²) in [4.78, 5) is 2.23.